The fourth-order valence-electron chi connectivity index (χ4n) is 7.45. The van der Waals surface area contributed by atoms with Gasteiger partial charge in [-0.15, -0.1) is 0 Å². The number of piperidine rings is 1. The summed E-state index contributed by atoms with van der Waals surface area (Å²) in [6, 6.07) is -3.54. The first-order valence-corrected chi connectivity index (χ1v) is 19.4. The van der Waals surface area contributed by atoms with Crippen LogP contribution in [0.1, 0.15) is 121 Å². The Bertz CT molecular complexity index is 1340. The van der Waals surface area contributed by atoms with Crippen LogP contribution in [0, 0.1) is 22.7 Å². The van der Waals surface area contributed by atoms with E-state index in [0.29, 0.717) is 38.8 Å². The second-order valence-corrected chi connectivity index (χ2v) is 19.7. The summed E-state index contributed by atoms with van der Waals surface area (Å²) in [6.07, 6.45) is 5.07. The number of nitrogens with one attached hydrogen (secondary N) is 4. The topological polar surface area (TPSA) is 171 Å². The number of ketones is 1. The largest absolute Gasteiger partial charge is 0.349 e. The molecule has 274 valence electrons. The highest BCUT2D eigenvalue weighted by Crippen LogP contribution is 2.65. The number of likely N-dealkylation sites (tertiary alicyclic amines) is 1. The molecule has 0 aromatic rings. The Hall–Kier alpha value is -2.70. The molecule has 1 aliphatic heterocycles. The first-order chi connectivity index (χ1) is 22.0. The van der Waals surface area contributed by atoms with Crippen LogP contribution >= 0.6 is 0 Å². The molecule has 13 heteroatoms. The van der Waals surface area contributed by atoms with Crippen molar-refractivity contribution in [3.63, 3.8) is 0 Å². The van der Waals surface area contributed by atoms with Gasteiger partial charge in [-0.05, 0) is 69.1 Å². The first kappa shape index (κ1) is 39.7. The number of Topliss-reactive ketones (excluding diaryl/α,β-unsaturated/α-hetero) is 1. The first-order valence-electron chi connectivity index (χ1n) is 17.8. The van der Waals surface area contributed by atoms with Crippen molar-refractivity contribution in [1.82, 2.24) is 26.2 Å². The molecule has 2 aliphatic carbocycles. The molecule has 0 radical (unpaired) electrons. The third-order valence-corrected chi connectivity index (χ3v) is 13.5. The van der Waals surface area contributed by atoms with Crippen molar-refractivity contribution in [2.75, 3.05) is 18.8 Å². The van der Waals surface area contributed by atoms with Crippen LogP contribution in [-0.4, -0.2) is 90.1 Å². The van der Waals surface area contributed by atoms with Gasteiger partial charge >= 0.3 is 6.03 Å². The Morgan fingerprint density at radius 2 is 1.50 bits per heavy atom. The molecule has 1 saturated heterocycles. The molecule has 5 amide bonds. The van der Waals surface area contributed by atoms with Gasteiger partial charge in [-0.1, -0.05) is 74.1 Å². The summed E-state index contributed by atoms with van der Waals surface area (Å²) in [5.41, 5.74) is -1.91. The lowest BCUT2D eigenvalue weighted by Crippen LogP contribution is -2.64. The maximum absolute atomic E-state index is 14.4. The SMILES string of the molecule is CCCNC(=O)C(=O)C(CCC)NC(=O)[C@@H]1[C@@H]2C(CN1C(=O)[C@@H](NC(=O)NC1(CS(=O)(=O)C(C)(C)C)CCCCC1)C(C)(C)C)C2(C)C. The smallest absolute Gasteiger partial charge is 0.315 e. The van der Waals surface area contributed by atoms with Crippen molar-refractivity contribution in [2.24, 2.45) is 22.7 Å². The predicted molar refractivity (Wildman–Crippen MR) is 186 cm³/mol. The highest BCUT2D eigenvalue weighted by molar-refractivity contribution is 7.92. The highest BCUT2D eigenvalue weighted by atomic mass is 32.2. The predicted octanol–water partition coefficient (Wildman–Crippen LogP) is 3.48. The van der Waals surface area contributed by atoms with Gasteiger partial charge in [-0.3, -0.25) is 19.2 Å². The molecular formula is C35H61N5O7S. The van der Waals surface area contributed by atoms with Crippen molar-refractivity contribution < 1.29 is 32.4 Å². The van der Waals surface area contributed by atoms with Crippen LogP contribution in [-0.2, 0) is 29.0 Å². The Morgan fingerprint density at radius 3 is 2.02 bits per heavy atom. The molecule has 12 nitrogen and oxygen atoms in total. The minimum Gasteiger partial charge on any atom is -0.349 e. The molecule has 0 aromatic heterocycles. The molecule has 0 aromatic carbocycles. The van der Waals surface area contributed by atoms with Crippen LogP contribution in [0.2, 0.25) is 0 Å². The summed E-state index contributed by atoms with van der Waals surface area (Å²) in [7, 11) is -3.56. The summed E-state index contributed by atoms with van der Waals surface area (Å²) in [4.78, 5) is 69.1. The molecule has 5 atom stereocenters. The Balaban J connectivity index is 1.85. The van der Waals surface area contributed by atoms with Crippen molar-refractivity contribution in [1.29, 1.82) is 0 Å². The highest BCUT2D eigenvalue weighted by Gasteiger charge is 2.70. The molecule has 48 heavy (non-hydrogen) atoms. The Morgan fingerprint density at radius 1 is 0.896 bits per heavy atom. The van der Waals surface area contributed by atoms with Crippen LogP contribution in [0.5, 0.6) is 0 Å². The van der Waals surface area contributed by atoms with Gasteiger partial charge in [0, 0.05) is 13.1 Å². The van der Waals surface area contributed by atoms with E-state index in [4.69, 9.17) is 0 Å². The second kappa shape index (κ2) is 14.6. The summed E-state index contributed by atoms with van der Waals surface area (Å²) < 4.78 is 25.6. The molecule has 3 aliphatic rings. The van der Waals surface area contributed by atoms with E-state index in [-0.39, 0.29) is 29.4 Å². The molecular weight excluding hydrogens is 634 g/mol. The van der Waals surface area contributed by atoms with E-state index in [1.54, 1.807) is 20.8 Å². The molecule has 3 rings (SSSR count). The number of hydrogen-bond acceptors (Lipinski definition) is 7. The quantitative estimate of drug-likeness (QED) is 0.214. The average Bonchev–Trinajstić information content (AvgIpc) is 3.28. The number of carbonyl (C=O) groups is 5. The molecule has 3 fully saturated rings. The molecule has 0 spiro atoms. The summed E-state index contributed by atoms with van der Waals surface area (Å²) in [5, 5.41) is 11.3. The van der Waals surface area contributed by atoms with Gasteiger partial charge in [0.25, 0.3) is 5.91 Å². The Labute approximate surface area is 288 Å². The van der Waals surface area contributed by atoms with E-state index in [0.717, 1.165) is 19.3 Å². The van der Waals surface area contributed by atoms with Crippen molar-refractivity contribution in [3.8, 4) is 0 Å². The molecule has 4 N–H and O–H groups in total. The van der Waals surface area contributed by atoms with E-state index in [9.17, 15) is 32.4 Å². The van der Waals surface area contributed by atoms with Gasteiger partial charge in [0.1, 0.15) is 12.1 Å². The van der Waals surface area contributed by atoms with Crippen molar-refractivity contribution in [2.45, 2.75) is 149 Å². The molecule has 2 saturated carbocycles. The average molecular weight is 696 g/mol. The minimum atomic E-state index is -3.56. The number of amides is 5. The van der Waals surface area contributed by atoms with E-state index in [1.807, 2.05) is 34.6 Å². The summed E-state index contributed by atoms with van der Waals surface area (Å²) >= 11 is 0. The van der Waals surface area contributed by atoms with Gasteiger partial charge in [0.05, 0.1) is 22.1 Å². The van der Waals surface area contributed by atoms with Gasteiger partial charge in [0.2, 0.25) is 17.6 Å². The number of sulfone groups is 1. The van der Waals surface area contributed by atoms with Crippen LogP contribution in [0.3, 0.4) is 0 Å². The number of fused-ring (bicyclic) bond motifs is 1. The van der Waals surface area contributed by atoms with Crippen molar-refractivity contribution >= 4 is 39.4 Å². The van der Waals surface area contributed by atoms with Crippen molar-refractivity contribution in [3.05, 3.63) is 0 Å². The fraction of sp³-hybridized carbons (Fsp3) is 0.857. The zero-order valence-corrected chi connectivity index (χ0v) is 31.7. The normalized spacial score (nSPS) is 24.5. The number of hydrogen-bond donors (Lipinski definition) is 4. The maximum Gasteiger partial charge on any atom is 0.315 e. The third-order valence-electron chi connectivity index (χ3n) is 10.7. The summed E-state index contributed by atoms with van der Waals surface area (Å²) in [6.45, 7) is 19.0. The van der Waals surface area contributed by atoms with Crippen LogP contribution in [0.15, 0.2) is 0 Å². The zero-order valence-electron chi connectivity index (χ0n) is 30.9. The van der Waals surface area contributed by atoms with Gasteiger partial charge in [-0.25, -0.2) is 13.2 Å². The van der Waals surface area contributed by atoms with E-state index >= 15 is 0 Å². The monoisotopic (exact) mass is 695 g/mol. The van der Waals surface area contributed by atoms with E-state index in [2.05, 4.69) is 35.1 Å². The zero-order chi connectivity index (χ0) is 36.5. The fourth-order valence-corrected chi connectivity index (χ4v) is 8.97. The lowest BCUT2D eigenvalue weighted by Gasteiger charge is -2.41. The van der Waals surface area contributed by atoms with Crippen LogP contribution in [0.25, 0.3) is 0 Å². The van der Waals surface area contributed by atoms with E-state index < -0.39 is 73.2 Å². The van der Waals surface area contributed by atoms with Crippen LogP contribution in [0.4, 0.5) is 4.79 Å². The number of nitrogens with zero attached hydrogens (tertiary/aromatic N) is 1. The van der Waals surface area contributed by atoms with Gasteiger partial charge < -0.3 is 26.2 Å². The third kappa shape index (κ3) is 8.71. The maximum atomic E-state index is 14.4. The number of urea groups is 1. The molecule has 1 heterocycles. The van der Waals surface area contributed by atoms with Crippen LogP contribution < -0.4 is 21.3 Å². The summed E-state index contributed by atoms with van der Waals surface area (Å²) in [5.74, 6) is -2.62. The molecule has 0 bridgehead atoms. The standard InChI is InChI=1S/C35H61N5O7S/c1-11-16-23(26(41)29(43)36-19-12-2)37-28(42)25-24-22(34(24,9)10)20-40(25)30(44)27(32(3,4)5)38-31(45)39-35(17-14-13-15-18-35)21-48(46,47)33(6,7)8/h22-25,27H,11-21H2,1-10H3,(H,36,43)(H,37,42)(H2,38,39,45)/t22?,23?,24-,25-,27+/m0/s1. The second-order valence-electron chi connectivity index (χ2n) is 17.0. The number of rotatable bonds is 13. The van der Waals surface area contributed by atoms with Gasteiger partial charge in [0.15, 0.2) is 9.84 Å². The van der Waals surface area contributed by atoms with E-state index in [1.165, 1.54) is 4.90 Å². The Kier molecular flexibility index (Phi) is 12.1. The lowest BCUT2D eigenvalue weighted by molar-refractivity contribution is -0.145. The number of carbonyl (C=O) groups excluding carboxylic acids is 5. The minimum absolute atomic E-state index is 0.0629. The lowest BCUT2D eigenvalue weighted by atomic mass is 9.83. The van der Waals surface area contributed by atoms with Gasteiger partial charge in [-0.2, -0.15) is 0 Å². The molecule has 2 unspecified atom stereocenters.